The number of methoxy groups -OCH3 is 1. The van der Waals surface area contributed by atoms with E-state index < -0.39 is 0 Å². The Hall–Kier alpha value is -1.83. The van der Waals surface area contributed by atoms with E-state index in [1.165, 1.54) is 18.4 Å². The summed E-state index contributed by atoms with van der Waals surface area (Å²) in [4.78, 5) is 7.28. The number of hydrogen-bond donors (Lipinski definition) is 2. The maximum absolute atomic E-state index is 5.94. The average Bonchev–Trinajstić information content (AvgIpc) is 3.58. The minimum Gasteiger partial charge on any atom is -0.491 e. The summed E-state index contributed by atoms with van der Waals surface area (Å²) in [5.74, 6) is 1.72. The molecule has 0 bridgehead atoms. The molecule has 0 amide bonds. The number of nitrogens with one attached hydrogen (secondary N) is 2. The zero-order valence-corrected chi connectivity index (χ0v) is 19.2. The lowest BCUT2D eigenvalue weighted by Crippen LogP contribution is -2.42. The number of guanidine groups is 1. The lowest BCUT2D eigenvalue weighted by molar-refractivity contribution is 0.110. The number of rotatable bonds is 15. The zero-order chi connectivity index (χ0) is 21.6. The van der Waals surface area contributed by atoms with Gasteiger partial charge in [0, 0.05) is 51.5 Å². The van der Waals surface area contributed by atoms with Crippen molar-refractivity contribution in [2.75, 3.05) is 59.7 Å². The Morgan fingerprint density at radius 3 is 2.67 bits per heavy atom. The second-order valence-corrected chi connectivity index (χ2v) is 7.54. The predicted molar refractivity (Wildman–Crippen MR) is 122 cm³/mol. The van der Waals surface area contributed by atoms with E-state index in [1.807, 2.05) is 6.92 Å². The summed E-state index contributed by atoms with van der Waals surface area (Å²) in [5.41, 5.74) is 2.25. The molecule has 0 heterocycles. The van der Waals surface area contributed by atoms with E-state index in [-0.39, 0.29) is 0 Å². The van der Waals surface area contributed by atoms with E-state index in [1.54, 1.807) is 7.11 Å². The molecule has 7 heteroatoms. The van der Waals surface area contributed by atoms with Gasteiger partial charge in [0.25, 0.3) is 0 Å². The van der Waals surface area contributed by atoms with E-state index in [0.717, 1.165) is 56.1 Å². The van der Waals surface area contributed by atoms with Crippen molar-refractivity contribution in [1.29, 1.82) is 0 Å². The van der Waals surface area contributed by atoms with Crippen molar-refractivity contribution >= 4 is 5.96 Å². The molecule has 0 aromatic heterocycles. The Labute approximate surface area is 182 Å². The standard InChI is InChI=1S/C23H40N4O3/c1-5-24-23(25-11-12-27(13-14-28-4)21-9-10-21)26-18-20-8-7-19(3)17-22(20)30-16-15-29-6-2/h7-8,17,21H,5-6,9-16,18H2,1-4H3,(H2,24,25,26). The second kappa shape index (κ2) is 14.2. The zero-order valence-electron chi connectivity index (χ0n) is 19.2. The number of aliphatic imine (C=N–C) groups is 1. The number of hydrogen-bond acceptors (Lipinski definition) is 5. The van der Waals surface area contributed by atoms with Crippen LogP contribution in [-0.2, 0) is 16.0 Å². The van der Waals surface area contributed by atoms with Crippen LogP contribution in [0.5, 0.6) is 5.75 Å². The molecule has 1 aromatic carbocycles. The molecule has 0 atom stereocenters. The van der Waals surface area contributed by atoms with Gasteiger partial charge in [0.1, 0.15) is 12.4 Å². The third-order valence-corrected chi connectivity index (χ3v) is 5.00. The molecule has 2 N–H and O–H groups in total. The van der Waals surface area contributed by atoms with Gasteiger partial charge >= 0.3 is 0 Å². The highest BCUT2D eigenvalue weighted by molar-refractivity contribution is 5.79. The van der Waals surface area contributed by atoms with Crippen molar-refractivity contribution in [2.24, 2.45) is 4.99 Å². The Morgan fingerprint density at radius 2 is 1.97 bits per heavy atom. The maximum atomic E-state index is 5.94. The number of benzene rings is 1. The molecule has 2 rings (SSSR count). The summed E-state index contributed by atoms with van der Waals surface area (Å²) < 4.78 is 16.6. The van der Waals surface area contributed by atoms with Gasteiger partial charge in [-0.1, -0.05) is 12.1 Å². The van der Waals surface area contributed by atoms with Gasteiger partial charge in [-0.05, 0) is 45.2 Å². The van der Waals surface area contributed by atoms with E-state index in [0.29, 0.717) is 26.4 Å². The van der Waals surface area contributed by atoms with Gasteiger partial charge in [-0.15, -0.1) is 0 Å². The molecular formula is C23H40N4O3. The predicted octanol–water partition coefficient (Wildman–Crippen LogP) is 2.58. The fourth-order valence-corrected chi connectivity index (χ4v) is 3.23. The van der Waals surface area contributed by atoms with Crippen molar-refractivity contribution in [3.05, 3.63) is 29.3 Å². The van der Waals surface area contributed by atoms with Crippen molar-refractivity contribution in [2.45, 2.75) is 46.2 Å². The highest BCUT2D eigenvalue weighted by atomic mass is 16.5. The van der Waals surface area contributed by atoms with Gasteiger partial charge in [-0.2, -0.15) is 0 Å². The first kappa shape index (κ1) is 24.4. The number of ether oxygens (including phenoxy) is 3. The first-order valence-electron chi connectivity index (χ1n) is 11.2. The first-order chi connectivity index (χ1) is 14.7. The molecule has 0 radical (unpaired) electrons. The average molecular weight is 421 g/mol. The molecule has 0 saturated heterocycles. The van der Waals surface area contributed by atoms with Gasteiger partial charge < -0.3 is 24.8 Å². The normalized spacial score (nSPS) is 14.2. The van der Waals surface area contributed by atoms with Crippen molar-refractivity contribution in [3.63, 3.8) is 0 Å². The summed E-state index contributed by atoms with van der Waals surface area (Å²) in [7, 11) is 1.76. The Balaban J connectivity index is 1.89. The Morgan fingerprint density at radius 1 is 1.13 bits per heavy atom. The van der Waals surface area contributed by atoms with E-state index >= 15 is 0 Å². The molecule has 0 unspecified atom stereocenters. The van der Waals surface area contributed by atoms with Crippen LogP contribution in [0.4, 0.5) is 0 Å². The minimum atomic E-state index is 0.546. The summed E-state index contributed by atoms with van der Waals surface area (Å²) in [6.07, 6.45) is 2.61. The highest BCUT2D eigenvalue weighted by Gasteiger charge is 2.28. The van der Waals surface area contributed by atoms with Crippen molar-refractivity contribution in [1.82, 2.24) is 15.5 Å². The molecule has 30 heavy (non-hydrogen) atoms. The second-order valence-electron chi connectivity index (χ2n) is 7.54. The summed E-state index contributed by atoms with van der Waals surface area (Å²) in [6, 6.07) is 6.99. The van der Waals surface area contributed by atoms with Crippen LogP contribution in [0.1, 0.15) is 37.8 Å². The molecule has 1 aromatic rings. The Bertz CT molecular complexity index is 635. The third-order valence-electron chi connectivity index (χ3n) is 5.00. The lowest BCUT2D eigenvalue weighted by atomic mass is 10.1. The van der Waals surface area contributed by atoms with Gasteiger partial charge in [-0.25, -0.2) is 4.99 Å². The van der Waals surface area contributed by atoms with Crippen LogP contribution in [0.3, 0.4) is 0 Å². The largest absolute Gasteiger partial charge is 0.491 e. The topological polar surface area (TPSA) is 67.4 Å². The Kier molecular flexibility index (Phi) is 11.6. The molecule has 0 spiro atoms. The van der Waals surface area contributed by atoms with E-state index in [4.69, 9.17) is 19.2 Å². The molecule has 0 aliphatic heterocycles. The molecule has 170 valence electrons. The van der Waals surface area contributed by atoms with Crippen LogP contribution in [-0.4, -0.2) is 76.6 Å². The van der Waals surface area contributed by atoms with Crippen LogP contribution in [0.25, 0.3) is 0 Å². The van der Waals surface area contributed by atoms with Crippen LogP contribution in [0.15, 0.2) is 23.2 Å². The summed E-state index contributed by atoms with van der Waals surface area (Å²) in [6.45, 7) is 13.0. The van der Waals surface area contributed by atoms with E-state index in [9.17, 15) is 0 Å². The van der Waals surface area contributed by atoms with Crippen molar-refractivity contribution in [3.8, 4) is 5.75 Å². The quantitative estimate of drug-likeness (QED) is 0.258. The first-order valence-corrected chi connectivity index (χ1v) is 11.2. The monoisotopic (exact) mass is 420 g/mol. The SMILES string of the molecule is CCNC(=NCc1ccc(C)cc1OCCOCC)NCCN(CCOC)C1CC1. The molecule has 1 aliphatic carbocycles. The van der Waals surface area contributed by atoms with E-state index in [2.05, 4.69) is 47.6 Å². The van der Waals surface area contributed by atoms with Crippen LogP contribution in [0.2, 0.25) is 0 Å². The van der Waals surface area contributed by atoms with Crippen LogP contribution >= 0.6 is 0 Å². The molecular weight excluding hydrogens is 380 g/mol. The van der Waals surface area contributed by atoms with Crippen LogP contribution < -0.4 is 15.4 Å². The molecule has 1 aliphatic rings. The minimum absolute atomic E-state index is 0.546. The number of aryl methyl sites for hydroxylation is 1. The summed E-state index contributed by atoms with van der Waals surface area (Å²) in [5, 5.41) is 6.81. The smallest absolute Gasteiger partial charge is 0.191 e. The number of nitrogens with zero attached hydrogens (tertiary/aromatic N) is 2. The maximum Gasteiger partial charge on any atom is 0.191 e. The van der Waals surface area contributed by atoms with Gasteiger partial charge in [-0.3, -0.25) is 4.90 Å². The fraction of sp³-hybridized carbons (Fsp3) is 0.696. The van der Waals surface area contributed by atoms with Gasteiger partial charge in [0.15, 0.2) is 5.96 Å². The fourth-order valence-electron chi connectivity index (χ4n) is 3.23. The van der Waals surface area contributed by atoms with Gasteiger partial charge in [0.05, 0.1) is 19.8 Å². The summed E-state index contributed by atoms with van der Waals surface area (Å²) >= 11 is 0. The third kappa shape index (κ3) is 9.32. The highest BCUT2D eigenvalue weighted by Crippen LogP contribution is 2.26. The van der Waals surface area contributed by atoms with Crippen molar-refractivity contribution < 1.29 is 14.2 Å². The van der Waals surface area contributed by atoms with Crippen LogP contribution in [0, 0.1) is 6.92 Å². The lowest BCUT2D eigenvalue weighted by Gasteiger charge is -2.22. The van der Waals surface area contributed by atoms with Gasteiger partial charge in [0.2, 0.25) is 0 Å². The molecule has 1 fully saturated rings. The molecule has 7 nitrogen and oxygen atoms in total. The molecule has 1 saturated carbocycles.